The molecule has 4 aromatic rings. The summed E-state index contributed by atoms with van der Waals surface area (Å²) in [5, 5.41) is 0.143. The molecule has 5 heterocycles. The van der Waals surface area contributed by atoms with Crippen LogP contribution in [0.1, 0.15) is 32.4 Å². The van der Waals surface area contributed by atoms with Crippen molar-refractivity contribution in [2.24, 2.45) is 0 Å². The SMILES string of the molecule is C=CC(=O)N1CCN(c2nc(=O)n(-c3c(S(C)(=O)=O)ccnc3C(C)C)c3nc(-c4cncnc4N)c(F)cc23)[C@@H](C)C1. The molecule has 4 aromatic heterocycles. The Hall–Kier alpha value is -4.79. The fourth-order valence-corrected chi connectivity index (χ4v) is 6.09. The van der Waals surface area contributed by atoms with E-state index in [0.717, 1.165) is 10.8 Å². The maximum absolute atomic E-state index is 15.9. The number of sulfone groups is 1. The van der Waals surface area contributed by atoms with Crippen molar-refractivity contribution in [2.75, 3.05) is 36.5 Å². The van der Waals surface area contributed by atoms with E-state index in [2.05, 4.69) is 31.5 Å². The number of halogens is 1. The summed E-state index contributed by atoms with van der Waals surface area (Å²) in [6.45, 7) is 9.91. The molecule has 1 saturated heterocycles. The fourth-order valence-electron chi connectivity index (χ4n) is 5.24. The highest BCUT2D eigenvalue weighted by Gasteiger charge is 2.31. The maximum Gasteiger partial charge on any atom is 0.355 e. The molecule has 0 spiro atoms. The van der Waals surface area contributed by atoms with Gasteiger partial charge in [-0.2, -0.15) is 4.98 Å². The number of nitrogen functional groups attached to an aromatic ring is 1. The zero-order valence-electron chi connectivity index (χ0n) is 24.0. The van der Waals surface area contributed by atoms with E-state index >= 15 is 4.39 Å². The van der Waals surface area contributed by atoms with Crippen LogP contribution in [0.15, 0.2) is 53.2 Å². The quantitative estimate of drug-likeness (QED) is 0.318. The molecule has 15 heteroatoms. The summed E-state index contributed by atoms with van der Waals surface area (Å²) in [5.41, 5.74) is 5.25. The highest BCUT2D eigenvalue weighted by molar-refractivity contribution is 7.90. The molecule has 0 aliphatic carbocycles. The normalized spacial score (nSPS) is 15.7. The van der Waals surface area contributed by atoms with Crippen molar-refractivity contribution in [1.82, 2.24) is 34.4 Å². The minimum atomic E-state index is -3.88. The first-order valence-electron chi connectivity index (χ1n) is 13.4. The molecule has 43 heavy (non-hydrogen) atoms. The molecule has 1 amide bonds. The highest BCUT2D eigenvalue weighted by atomic mass is 32.2. The van der Waals surface area contributed by atoms with Gasteiger partial charge in [0.25, 0.3) is 0 Å². The minimum Gasteiger partial charge on any atom is -0.383 e. The van der Waals surface area contributed by atoms with E-state index in [1.807, 2.05) is 6.92 Å². The van der Waals surface area contributed by atoms with Crippen LogP contribution in [0.5, 0.6) is 0 Å². The molecule has 224 valence electrons. The van der Waals surface area contributed by atoms with Crippen LogP contribution < -0.4 is 16.3 Å². The number of piperazine rings is 1. The molecule has 1 aliphatic rings. The average Bonchev–Trinajstić information content (AvgIpc) is 2.96. The smallest absolute Gasteiger partial charge is 0.355 e. The van der Waals surface area contributed by atoms with Gasteiger partial charge in [-0.3, -0.25) is 9.78 Å². The Morgan fingerprint density at radius 3 is 2.60 bits per heavy atom. The number of carbonyl (C=O) groups is 1. The van der Waals surface area contributed by atoms with Crippen LogP contribution >= 0.6 is 0 Å². The van der Waals surface area contributed by atoms with Crippen LogP contribution in [-0.2, 0) is 14.6 Å². The molecule has 0 aromatic carbocycles. The monoisotopic (exact) mass is 607 g/mol. The van der Waals surface area contributed by atoms with Gasteiger partial charge >= 0.3 is 5.69 Å². The van der Waals surface area contributed by atoms with Crippen molar-refractivity contribution in [1.29, 1.82) is 0 Å². The van der Waals surface area contributed by atoms with E-state index in [1.54, 1.807) is 23.6 Å². The minimum absolute atomic E-state index is 0.0224. The van der Waals surface area contributed by atoms with E-state index in [1.165, 1.54) is 36.9 Å². The fraction of sp³-hybridized carbons (Fsp3) is 0.321. The molecule has 1 atom stereocenters. The summed E-state index contributed by atoms with van der Waals surface area (Å²) < 4.78 is 42.9. The van der Waals surface area contributed by atoms with Gasteiger partial charge in [-0.1, -0.05) is 20.4 Å². The second kappa shape index (κ2) is 11.1. The number of pyridine rings is 2. The largest absolute Gasteiger partial charge is 0.383 e. The lowest BCUT2D eigenvalue weighted by Gasteiger charge is -2.40. The van der Waals surface area contributed by atoms with Crippen molar-refractivity contribution in [2.45, 2.75) is 37.6 Å². The Kier molecular flexibility index (Phi) is 7.69. The number of amides is 1. The molecule has 0 bridgehead atoms. The van der Waals surface area contributed by atoms with E-state index in [0.29, 0.717) is 18.8 Å². The number of aromatic nitrogens is 6. The first-order valence-corrected chi connectivity index (χ1v) is 15.3. The molecule has 1 aliphatic heterocycles. The molecular formula is C28H30FN9O4S. The summed E-state index contributed by atoms with van der Waals surface area (Å²) in [6.07, 6.45) is 6.12. The second-order valence-electron chi connectivity index (χ2n) is 10.6. The zero-order valence-corrected chi connectivity index (χ0v) is 24.8. The third-order valence-electron chi connectivity index (χ3n) is 7.27. The van der Waals surface area contributed by atoms with Crippen molar-refractivity contribution in [3.63, 3.8) is 0 Å². The summed E-state index contributed by atoms with van der Waals surface area (Å²) >= 11 is 0. The van der Waals surface area contributed by atoms with Gasteiger partial charge in [-0.05, 0) is 31.1 Å². The van der Waals surface area contributed by atoms with Crippen molar-refractivity contribution in [3.05, 3.63) is 65.5 Å². The Bertz CT molecular complexity index is 1940. The molecule has 0 radical (unpaired) electrons. The Labute approximate surface area is 246 Å². The van der Waals surface area contributed by atoms with Crippen LogP contribution in [0.2, 0.25) is 0 Å². The number of anilines is 2. The Morgan fingerprint density at radius 1 is 1.23 bits per heavy atom. The number of nitrogens with zero attached hydrogens (tertiary/aromatic N) is 8. The van der Waals surface area contributed by atoms with Gasteiger partial charge in [0.2, 0.25) is 5.91 Å². The van der Waals surface area contributed by atoms with Gasteiger partial charge in [0.15, 0.2) is 21.3 Å². The lowest BCUT2D eigenvalue weighted by Crippen LogP contribution is -2.54. The van der Waals surface area contributed by atoms with Gasteiger partial charge in [-0.15, -0.1) is 0 Å². The maximum atomic E-state index is 15.9. The van der Waals surface area contributed by atoms with E-state index in [4.69, 9.17) is 5.73 Å². The summed E-state index contributed by atoms with van der Waals surface area (Å²) in [4.78, 5) is 50.7. The Morgan fingerprint density at radius 2 is 1.98 bits per heavy atom. The van der Waals surface area contributed by atoms with Gasteiger partial charge in [0.05, 0.1) is 27.2 Å². The van der Waals surface area contributed by atoms with Crippen LogP contribution in [0.4, 0.5) is 16.0 Å². The van der Waals surface area contributed by atoms with Gasteiger partial charge in [0.1, 0.15) is 23.7 Å². The van der Waals surface area contributed by atoms with Crippen molar-refractivity contribution < 1.29 is 17.6 Å². The molecule has 0 unspecified atom stereocenters. The summed E-state index contributed by atoms with van der Waals surface area (Å²) in [6, 6.07) is 2.16. The average molecular weight is 608 g/mol. The van der Waals surface area contributed by atoms with Crippen molar-refractivity contribution in [3.8, 4) is 16.9 Å². The van der Waals surface area contributed by atoms with Crippen LogP contribution in [0, 0.1) is 5.82 Å². The van der Waals surface area contributed by atoms with E-state index in [9.17, 15) is 18.0 Å². The van der Waals surface area contributed by atoms with E-state index < -0.39 is 21.3 Å². The van der Waals surface area contributed by atoms with Gasteiger partial charge < -0.3 is 15.5 Å². The first-order chi connectivity index (χ1) is 20.3. The summed E-state index contributed by atoms with van der Waals surface area (Å²) in [5.74, 6) is -1.23. The zero-order chi connectivity index (χ0) is 31.2. The first kappa shape index (κ1) is 29.7. The number of hydrogen-bond acceptors (Lipinski definition) is 11. The number of fused-ring (bicyclic) bond motifs is 1. The summed E-state index contributed by atoms with van der Waals surface area (Å²) in [7, 11) is -3.88. The van der Waals surface area contributed by atoms with Gasteiger partial charge in [-0.25, -0.2) is 37.1 Å². The molecule has 2 N–H and O–H groups in total. The number of nitrogens with two attached hydrogens (primary N) is 1. The highest BCUT2D eigenvalue weighted by Crippen LogP contribution is 2.35. The van der Waals surface area contributed by atoms with E-state index in [-0.39, 0.29) is 68.9 Å². The lowest BCUT2D eigenvalue weighted by atomic mass is 10.1. The molecular weight excluding hydrogens is 577 g/mol. The van der Waals surface area contributed by atoms with Crippen LogP contribution in [0.3, 0.4) is 0 Å². The lowest BCUT2D eigenvalue weighted by molar-refractivity contribution is -0.126. The molecule has 5 rings (SSSR count). The molecule has 1 fully saturated rings. The number of hydrogen-bond donors (Lipinski definition) is 1. The van der Waals surface area contributed by atoms with Gasteiger partial charge in [0, 0.05) is 44.3 Å². The molecule has 13 nitrogen and oxygen atoms in total. The predicted molar refractivity (Wildman–Crippen MR) is 159 cm³/mol. The topological polar surface area (TPSA) is 170 Å². The predicted octanol–water partition coefficient (Wildman–Crippen LogP) is 2.10. The standard InChI is InChI=1S/C28H30FN9O4S/c1-6-21(39)36-9-10-37(16(4)13-36)26-17-11-19(29)23(18-12-31-14-33-25(18)30)34-27(17)38(28(40)35-26)24-20(43(5,41)42)7-8-32-22(24)15(2)3/h6-8,11-12,14-16H,1,9-10,13H2,2-5H3,(H2,30,31,33)/t16-/m0/s1. The van der Waals surface area contributed by atoms with Crippen molar-refractivity contribution >= 4 is 38.4 Å². The van der Waals surface area contributed by atoms with Crippen LogP contribution in [0.25, 0.3) is 28.0 Å². The number of rotatable bonds is 6. The third-order valence-corrected chi connectivity index (χ3v) is 8.40. The number of carbonyl (C=O) groups excluding carboxylic acids is 1. The third kappa shape index (κ3) is 5.31. The second-order valence-corrected chi connectivity index (χ2v) is 12.5. The molecule has 0 saturated carbocycles. The Balaban J connectivity index is 1.88. The van der Waals surface area contributed by atoms with Crippen LogP contribution in [-0.4, -0.2) is 80.6 Å².